The molecule has 1 aliphatic heterocycles. The Labute approximate surface area is 114 Å². The predicted molar refractivity (Wildman–Crippen MR) is 81.3 cm³/mol. The maximum atomic E-state index is 4.56. The summed E-state index contributed by atoms with van der Waals surface area (Å²) >= 11 is 0. The minimum atomic E-state index is 0.263. The van der Waals surface area contributed by atoms with Gasteiger partial charge in [-0.3, -0.25) is 4.99 Å². The van der Waals surface area contributed by atoms with E-state index < -0.39 is 0 Å². The molecule has 0 aliphatic carbocycles. The van der Waals surface area contributed by atoms with Gasteiger partial charge in [-0.05, 0) is 6.42 Å². The molecule has 106 valence electrons. The molecule has 0 aromatic rings. The minimum absolute atomic E-state index is 0.263. The van der Waals surface area contributed by atoms with Crippen LogP contribution in [0.25, 0.3) is 0 Å². The van der Waals surface area contributed by atoms with Gasteiger partial charge in [0, 0.05) is 12.0 Å². The molecule has 2 nitrogen and oxygen atoms in total. The highest BCUT2D eigenvalue weighted by atomic mass is 15.1. The Kier molecular flexibility index (Phi) is 7.38. The van der Waals surface area contributed by atoms with Crippen LogP contribution < -0.4 is 5.32 Å². The van der Waals surface area contributed by atoms with Crippen LogP contribution >= 0.6 is 0 Å². The number of rotatable bonds is 10. The minimum Gasteiger partial charge on any atom is -0.372 e. The third-order valence-electron chi connectivity index (χ3n) is 3.97. The standard InChI is InChI=1S/C16H32N2/c1-4-5-6-7-8-9-10-11-12-16(2,3)15-17-13-14-18-15/h4-14H2,1-3H3,(H,17,18). The van der Waals surface area contributed by atoms with Crippen molar-refractivity contribution in [3.05, 3.63) is 0 Å². The Balaban J connectivity index is 2.00. The maximum Gasteiger partial charge on any atom is 0.102 e. The molecule has 1 rings (SSSR count). The van der Waals surface area contributed by atoms with Gasteiger partial charge in [0.15, 0.2) is 0 Å². The molecule has 1 N–H and O–H groups in total. The van der Waals surface area contributed by atoms with Crippen molar-refractivity contribution in [2.45, 2.75) is 78.6 Å². The summed E-state index contributed by atoms with van der Waals surface area (Å²) in [5.74, 6) is 1.24. The molecule has 0 radical (unpaired) electrons. The number of amidine groups is 1. The van der Waals surface area contributed by atoms with E-state index in [1.165, 1.54) is 63.6 Å². The van der Waals surface area contributed by atoms with Crippen molar-refractivity contribution < 1.29 is 0 Å². The lowest BCUT2D eigenvalue weighted by molar-refractivity contribution is 0.430. The molecular weight excluding hydrogens is 220 g/mol. The van der Waals surface area contributed by atoms with Crippen molar-refractivity contribution in [1.82, 2.24) is 5.32 Å². The molecular formula is C16H32N2. The molecule has 0 aromatic carbocycles. The summed E-state index contributed by atoms with van der Waals surface area (Å²) in [5.41, 5.74) is 0.263. The zero-order valence-corrected chi connectivity index (χ0v) is 12.7. The number of nitrogens with zero attached hydrogens (tertiary/aromatic N) is 1. The zero-order chi connectivity index (χ0) is 13.3. The van der Waals surface area contributed by atoms with E-state index in [-0.39, 0.29) is 5.41 Å². The van der Waals surface area contributed by atoms with Gasteiger partial charge in [-0.25, -0.2) is 0 Å². The summed E-state index contributed by atoms with van der Waals surface area (Å²) in [6, 6.07) is 0. The van der Waals surface area contributed by atoms with E-state index in [4.69, 9.17) is 0 Å². The second kappa shape index (κ2) is 8.55. The Bertz CT molecular complexity index is 243. The van der Waals surface area contributed by atoms with Gasteiger partial charge in [0.1, 0.15) is 5.84 Å². The molecule has 1 heterocycles. The maximum absolute atomic E-state index is 4.56. The zero-order valence-electron chi connectivity index (χ0n) is 12.7. The van der Waals surface area contributed by atoms with Crippen molar-refractivity contribution >= 4 is 5.84 Å². The summed E-state index contributed by atoms with van der Waals surface area (Å²) < 4.78 is 0. The second-order valence-electron chi connectivity index (χ2n) is 6.27. The molecule has 18 heavy (non-hydrogen) atoms. The largest absolute Gasteiger partial charge is 0.372 e. The molecule has 0 fully saturated rings. The van der Waals surface area contributed by atoms with Gasteiger partial charge in [0.2, 0.25) is 0 Å². The molecule has 0 saturated carbocycles. The molecule has 0 aromatic heterocycles. The Morgan fingerprint density at radius 3 is 2.17 bits per heavy atom. The van der Waals surface area contributed by atoms with Crippen molar-refractivity contribution in [3.63, 3.8) is 0 Å². The van der Waals surface area contributed by atoms with Gasteiger partial charge in [-0.1, -0.05) is 72.1 Å². The summed E-state index contributed by atoms with van der Waals surface area (Å²) in [6.45, 7) is 8.94. The van der Waals surface area contributed by atoms with Gasteiger partial charge in [0.05, 0.1) is 6.54 Å². The molecule has 0 amide bonds. The third-order valence-corrected chi connectivity index (χ3v) is 3.97. The molecule has 0 unspecified atom stereocenters. The van der Waals surface area contributed by atoms with Gasteiger partial charge in [0.25, 0.3) is 0 Å². The van der Waals surface area contributed by atoms with E-state index in [1.54, 1.807) is 0 Å². The van der Waals surface area contributed by atoms with E-state index in [2.05, 4.69) is 31.1 Å². The quantitative estimate of drug-likeness (QED) is 0.567. The van der Waals surface area contributed by atoms with Gasteiger partial charge >= 0.3 is 0 Å². The van der Waals surface area contributed by atoms with Crippen LogP contribution in [0.15, 0.2) is 4.99 Å². The van der Waals surface area contributed by atoms with Crippen LogP contribution in [0, 0.1) is 5.41 Å². The first-order valence-electron chi connectivity index (χ1n) is 7.95. The van der Waals surface area contributed by atoms with Crippen LogP contribution in [0.2, 0.25) is 0 Å². The van der Waals surface area contributed by atoms with Crippen LogP contribution in [0.5, 0.6) is 0 Å². The van der Waals surface area contributed by atoms with Crippen molar-refractivity contribution in [2.75, 3.05) is 13.1 Å². The highest BCUT2D eigenvalue weighted by molar-refractivity contribution is 5.88. The molecule has 0 spiro atoms. The molecule has 1 aliphatic rings. The predicted octanol–water partition coefficient (Wildman–Crippen LogP) is 4.55. The first-order valence-corrected chi connectivity index (χ1v) is 7.95. The Morgan fingerprint density at radius 1 is 1.00 bits per heavy atom. The number of nitrogens with one attached hydrogen (secondary N) is 1. The monoisotopic (exact) mass is 252 g/mol. The first kappa shape index (κ1) is 15.5. The summed E-state index contributed by atoms with van der Waals surface area (Å²) in [5, 5.41) is 3.42. The number of hydrogen-bond donors (Lipinski definition) is 1. The first-order chi connectivity index (χ1) is 8.67. The molecule has 2 heteroatoms. The molecule has 0 saturated heterocycles. The van der Waals surface area contributed by atoms with Crippen LogP contribution in [0.4, 0.5) is 0 Å². The smallest absolute Gasteiger partial charge is 0.102 e. The van der Waals surface area contributed by atoms with E-state index in [9.17, 15) is 0 Å². The summed E-state index contributed by atoms with van der Waals surface area (Å²) in [6.07, 6.45) is 12.5. The normalized spacial score (nSPS) is 15.6. The van der Waals surface area contributed by atoms with E-state index in [0.29, 0.717) is 0 Å². The van der Waals surface area contributed by atoms with Crippen molar-refractivity contribution in [1.29, 1.82) is 0 Å². The highest BCUT2D eigenvalue weighted by Crippen LogP contribution is 2.26. The Morgan fingerprint density at radius 2 is 1.61 bits per heavy atom. The molecule has 0 bridgehead atoms. The van der Waals surface area contributed by atoms with Crippen LogP contribution in [-0.2, 0) is 0 Å². The van der Waals surface area contributed by atoms with E-state index in [1.807, 2.05) is 0 Å². The van der Waals surface area contributed by atoms with Crippen LogP contribution in [0.3, 0.4) is 0 Å². The van der Waals surface area contributed by atoms with Crippen molar-refractivity contribution in [2.24, 2.45) is 10.4 Å². The summed E-state index contributed by atoms with van der Waals surface area (Å²) in [7, 11) is 0. The topological polar surface area (TPSA) is 24.4 Å². The average molecular weight is 252 g/mol. The van der Waals surface area contributed by atoms with Crippen molar-refractivity contribution in [3.8, 4) is 0 Å². The van der Waals surface area contributed by atoms with Gasteiger partial charge < -0.3 is 5.32 Å². The number of hydrogen-bond acceptors (Lipinski definition) is 2. The van der Waals surface area contributed by atoms with E-state index >= 15 is 0 Å². The lowest BCUT2D eigenvalue weighted by atomic mass is 9.85. The van der Waals surface area contributed by atoms with Gasteiger partial charge in [-0.2, -0.15) is 0 Å². The van der Waals surface area contributed by atoms with Crippen LogP contribution in [-0.4, -0.2) is 18.9 Å². The summed E-state index contributed by atoms with van der Waals surface area (Å²) in [4.78, 5) is 4.56. The molecule has 0 atom stereocenters. The van der Waals surface area contributed by atoms with Gasteiger partial charge in [-0.15, -0.1) is 0 Å². The average Bonchev–Trinajstić information content (AvgIpc) is 2.87. The Hall–Kier alpha value is -0.530. The third kappa shape index (κ3) is 5.88. The second-order valence-corrected chi connectivity index (χ2v) is 6.27. The van der Waals surface area contributed by atoms with E-state index in [0.717, 1.165) is 13.1 Å². The fourth-order valence-electron chi connectivity index (χ4n) is 2.67. The van der Waals surface area contributed by atoms with Crippen LogP contribution in [0.1, 0.15) is 78.6 Å². The SMILES string of the molecule is CCCCCCCCCCC(C)(C)C1=NCCN1. The fraction of sp³-hybridized carbons (Fsp3) is 0.938. The lowest BCUT2D eigenvalue weighted by Crippen LogP contribution is -2.33. The number of unbranched alkanes of at least 4 members (excludes halogenated alkanes) is 7. The lowest BCUT2D eigenvalue weighted by Gasteiger charge is -2.25. The fourth-order valence-corrected chi connectivity index (χ4v) is 2.67. The number of aliphatic imine (C=N–C) groups is 1. The highest BCUT2D eigenvalue weighted by Gasteiger charge is 2.26.